The lowest BCUT2D eigenvalue weighted by atomic mass is 10.1. The van der Waals surface area contributed by atoms with E-state index in [2.05, 4.69) is 36.8 Å². The number of aliphatic hydroxyl groups excluding tert-OH is 1. The fourth-order valence-corrected chi connectivity index (χ4v) is 3.00. The van der Waals surface area contributed by atoms with Gasteiger partial charge in [-0.05, 0) is 44.8 Å². The van der Waals surface area contributed by atoms with Crippen LogP contribution in [-0.4, -0.2) is 29.1 Å². The Morgan fingerprint density at radius 1 is 1.53 bits per heavy atom. The monoisotopic (exact) mass is 362 g/mol. The first kappa shape index (κ1) is 13.0. The maximum Gasteiger partial charge on any atom is 0.228 e. The summed E-state index contributed by atoms with van der Waals surface area (Å²) in [4.78, 5) is 17.9. The van der Waals surface area contributed by atoms with Gasteiger partial charge >= 0.3 is 0 Å². The highest BCUT2D eigenvalue weighted by molar-refractivity contribution is 9.11. The molecule has 2 heterocycles. The Bertz CT molecular complexity index is 465. The molecule has 92 valence electrons. The molecule has 0 radical (unpaired) electrons. The molecular formula is C11H12Br2N2O2. The van der Waals surface area contributed by atoms with E-state index >= 15 is 0 Å². The van der Waals surface area contributed by atoms with E-state index in [-0.39, 0.29) is 18.4 Å². The van der Waals surface area contributed by atoms with E-state index in [1.165, 1.54) is 0 Å². The predicted octanol–water partition coefficient (Wildman–Crippen LogP) is 2.26. The number of aliphatic hydroxyl groups is 1. The first-order valence-electron chi connectivity index (χ1n) is 5.26. The van der Waals surface area contributed by atoms with E-state index in [1.807, 2.05) is 13.0 Å². The van der Waals surface area contributed by atoms with Crippen molar-refractivity contribution in [1.29, 1.82) is 0 Å². The molecule has 1 aromatic rings. The zero-order valence-electron chi connectivity index (χ0n) is 9.28. The van der Waals surface area contributed by atoms with Crippen molar-refractivity contribution in [2.24, 2.45) is 5.92 Å². The summed E-state index contributed by atoms with van der Waals surface area (Å²) in [5.41, 5.74) is 0.837. The van der Waals surface area contributed by atoms with Crippen molar-refractivity contribution < 1.29 is 9.90 Å². The summed E-state index contributed by atoms with van der Waals surface area (Å²) in [5, 5.41) is 9.10. The summed E-state index contributed by atoms with van der Waals surface area (Å²) in [6, 6.07) is 1.89. The lowest BCUT2D eigenvalue weighted by molar-refractivity contribution is -0.117. The van der Waals surface area contributed by atoms with Crippen LogP contribution in [0, 0.1) is 12.8 Å². The van der Waals surface area contributed by atoms with Crippen LogP contribution in [0.5, 0.6) is 0 Å². The Hall–Kier alpha value is -0.460. The van der Waals surface area contributed by atoms with Gasteiger partial charge in [-0.1, -0.05) is 0 Å². The first-order chi connectivity index (χ1) is 8.02. The van der Waals surface area contributed by atoms with E-state index in [0.717, 1.165) is 14.6 Å². The topological polar surface area (TPSA) is 53.4 Å². The van der Waals surface area contributed by atoms with Crippen molar-refractivity contribution in [3.63, 3.8) is 0 Å². The zero-order valence-corrected chi connectivity index (χ0v) is 12.5. The highest BCUT2D eigenvalue weighted by atomic mass is 79.9. The maximum atomic E-state index is 11.8. The van der Waals surface area contributed by atoms with Crippen LogP contribution in [0.4, 0.5) is 5.82 Å². The van der Waals surface area contributed by atoms with E-state index < -0.39 is 0 Å². The van der Waals surface area contributed by atoms with Gasteiger partial charge in [0.25, 0.3) is 0 Å². The second kappa shape index (κ2) is 5.04. The lowest BCUT2D eigenvalue weighted by Gasteiger charge is -2.18. The fourth-order valence-electron chi connectivity index (χ4n) is 1.84. The smallest absolute Gasteiger partial charge is 0.228 e. The van der Waals surface area contributed by atoms with Gasteiger partial charge in [-0.2, -0.15) is 0 Å². The third-order valence-electron chi connectivity index (χ3n) is 2.81. The zero-order chi connectivity index (χ0) is 12.6. The van der Waals surface area contributed by atoms with Crippen molar-refractivity contribution in [3.8, 4) is 0 Å². The average molecular weight is 364 g/mol. The normalized spacial score (nSPS) is 20.1. The van der Waals surface area contributed by atoms with Crippen molar-refractivity contribution in [3.05, 3.63) is 20.7 Å². The number of aryl methyl sites for hydroxylation is 1. The van der Waals surface area contributed by atoms with Crippen LogP contribution in [0.2, 0.25) is 0 Å². The number of hydrogen-bond donors (Lipinski definition) is 1. The van der Waals surface area contributed by atoms with Crippen molar-refractivity contribution in [1.82, 2.24) is 4.98 Å². The van der Waals surface area contributed by atoms with Crippen LogP contribution < -0.4 is 4.90 Å². The highest BCUT2D eigenvalue weighted by Gasteiger charge is 2.32. The van der Waals surface area contributed by atoms with Crippen LogP contribution in [0.3, 0.4) is 0 Å². The maximum absolute atomic E-state index is 11.8. The third-order valence-corrected chi connectivity index (χ3v) is 4.19. The van der Waals surface area contributed by atoms with Crippen molar-refractivity contribution >= 4 is 43.6 Å². The molecule has 1 atom stereocenters. The highest BCUT2D eigenvalue weighted by Crippen LogP contribution is 2.32. The Morgan fingerprint density at radius 3 is 2.82 bits per heavy atom. The molecule has 1 aromatic heterocycles. The van der Waals surface area contributed by atoms with Crippen LogP contribution in [0.25, 0.3) is 0 Å². The van der Waals surface area contributed by atoms with Crippen LogP contribution in [-0.2, 0) is 4.79 Å². The molecule has 0 aromatic carbocycles. The molecule has 17 heavy (non-hydrogen) atoms. The average Bonchev–Trinajstić information content (AvgIpc) is 2.65. The number of anilines is 1. The number of hydrogen-bond acceptors (Lipinski definition) is 3. The number of amides is 1. The van der Waals surface area contributed by atoms with Crippen molar-refractivity contribution in [2.75, 3.05) is 18.1 Å². The Balaban J connectivity index is 2.35. The summed E-state index contributed by atoms with van der Waals surface area (Å²) in [7, 11) is 0. The van der Waals surface area contributed by atoms with Gasteiger partial charge in [0.2, 0.25) is 5.91 Å². The molecule has 0 saturated carbocycles. The molecule has 1 amide bonds. The van der Waals surface area contributed by atoms with E-state index in [9.17, 15) is 4.79 Å². The van der Waals surface area contributed by atoms with Gasteiger partial charge in [0.1, 0.15) is 5.82 Å². The van der Waals surface area contributed by atoms with E-state index in [4.69, 9.17) is 5.11 Å². The number of pyridine rings is 1. The predicted molar refractivity (Wildman–Crippen MR) is 71.9 cm³/mol. The molecule has 1 fully saturated rings. The molecule has 1 N–H and O–H groups in total. The molecule has 0 spiro atoms. The number of rotatable bonds is 2. The molecule has 4 nitrogen and oxygen atoms in total. The van der Waals surface area contributed by atoms with Crippen LogP contribution in [0.15, 0.2) is 15.0 Å². The van der Waals surface area contributed by atoms with Gasteiger partial charge in [0, 0.05) is 30.0 Å². The Labute approximate surface area is 116 Å². The second-order valence-corrected chi connectivity index (χ2v) is 5.83. The molecule has 0 aliphatic carbocycles. The lowest BCUT2D eigenvalue weighted by Crippen LogP contribution is -2.26. The summed E-state index contributed by atoms with van der Waals surface area (Å²) in [6.45, 7) is 2.45. The number of carbonyl (C=O) groups is 1. The SMILES string of the molecule is Cc1nc(N2CC(CO)CC2=O)c(Br)cc1Br. The molecule has 1 aliphatic heterocycles. The first-order valence-corrected chi connectivity index (χ1v) is 6.85. The Kier molecular flexibility index (Phi) is 3.85. The molecular weight excluding hydrogens is 352 g/mol. The second-order valence-electron chi connectivity index (χ2n) is 4.12. The summed E-state index contributed by atoms with van der Waals surface area (Å²) >= 11 is 6.81. The van der Waals surface area contributed by atoms with Gasteiger partial charge in [-0.3, -0.25) is 9.69 Å². The number of carbonyl (C=O) groups excluding carboxylic acids is 1. The fraction of sp³-hybridized carbons (Fsp3) is 0.455. The molecule has 1 unspecified atom stereocenters. The van der Waals surface area contributed by atoms with Crippen LogP contribution >= 0.6 is 31.9 Å². The minimum Gasteiger partial charge on any atom is -0.396 e. The number of aromatic nitrogens is 1. The molecule has 0 bridgehead atoms. The summed E-state index contributed by atoms with van der Waals surface area (Å²) in [5.74, 6) is 0.658. The third kappa shape index (κ3) is 2.53. The van der Waals surface area contributed by atoms with E-state index in [0.29, 0.717) is 18.8 Å². The Morgan fingerprint density at radius 2 is 2.24 bits per heavy atom. The van der Waals surface area contributed by atoms with E-state index in [1.54, 1.807) is 4.90 Å². The minimum atomic E-state index is 0.0129. The van der Waals surface area contributed by atoms with Gasteiger partial charge in [0.05, 0.1) is 10.2 Å². The van der Waals surface area contributed by atoms with Crippen molar-refractivity contribution in [2.45, 2.75) is 13.3 Å². The standard InChI is InChI=1S/C11H12Br2N2O2/c1-6-8(12)3-9(13)11(14-6)15-4-7(5-16)2-10(15)17/h3,7,16H,2,4-5H2,1H3. The van der Waals surface area contributed by atoms with Gasteiger partial charge in [-0.25, -0.2) is 4.98 Å². The number of nitrogens with zero attached hydrogens (tertiary/aromatic N) is 2. The molecule has 6 heteroatoms. The molecule has 2 rings (SSSR count). The molecule has 1 saturated heterocycles. The largest absolute Gasteiger partial charge is 0.396 e. The number of halogens is 2. The quantitative estimate of drug-likeness (QED) is 0.876. The van der Waals surface area contributed by atoms with Gasteiger partial charge < -0.3 is 5.11 Å². The van der Waals surface area contributed by atoms with Gasteiger partial charge in [0.15, 0.2) is 0 Å². The summed E-state index contributed by atoms with van der Waals surface area (Å²) < 4.78 is 1.68. The molecule has 1 aliphatic rings. The van der Waals surface area contributed by atoms with Crippen LogP contribution in [0.1, 0.15) is 12.1 Å². The summed E-state index contributed by atoms with van der Waals surface area (Å²) in [6.07, 6.45) is 0.389. The van der Waals surface area contributed by atoms with Gasteiger partial charge in [-0.15, -0.1) is 0 Å². The minimum absolute atomic E-state index is 0.0129.